The van der Waals surface area contributed by atoms with Crippen LogP contribution in [0.25, 0.3) is 0 Å². The minimum Gasteiger partial charge on any atom is -0.297 e. The molecule has 1 rings (SSSR count). The number of carbonyl (C=O) groups is 4. The van der Waals surface area contributed by atoms with E-state index >= 15 is 0 Å². The van der Waals surface area contributed by atoms with Crippen LogP contribution in [0.2, 0.25) is 0 Å². The predicted octanol–water partition coefficient (Wildman–Crippen LogP) is 0.329. The molecule has 14 heavy (non-hydrogen) atoms. The summed E-state index contributed by atoms with van der Waals surface area (Å²) in [6, 6.07) is 0. The molecular formula is C10H12O4. The Kier molecular flexibility index (Phi) is 1.99. The van der Waals surface area contributed by atoms with Crippen LogP contribution in [0.1, 0.15) is 27.7 Å². The van der Waals surface area contributed by atoms with Crippen molar-refractivity contribution in [1.82, 2.24) is 0 Å². The monoisotopic (exact) mass is 196 g/mol. The van der Waals surface area contributed by atoms with E-state index in [0.717, 1.165) is 0 Å². The van der Waals surface area contributed by atoms with Crippen molar-refractivity contribution in [3.05, 3.63) is 0 Å². The standard InChI is InChI=1S/C10H12O4/c1-9(2)6(12)5(11)7(13)10(3,4)8(9)14/h1-4H3. The number of hydrogen-bond acceptors (Lipinski definition) is 4. The molecule has 0 N–H and O–H groups in total. The van der Waals surface area contributed by atoms with Gasteiger partial charge in [-0.2, -0.15) is 0 Å². The summed E-state index contributed by atoms with van der Waals surface area (Å²) in [5.41, 5.74) is -2.73. The lowest BCUT2D eigenvalue weighted by molar-refractivity contribution is -0.162. The molecule has 0 aromatic heterocycles. The van der Waals surface area contributed by atoms with Crippen LogP contribution in [0.15, 0.2) is 0 Å². The van der Waals surface area contributed by atoms with Crippen LogP contribution in [-0.2, 0) is 19.2 Å². The van der Waals surface area contributed by atoms with E-state index < -0.39 is 34.0 Å². The maximum Gasteiger partial charge on any atom is 0.266 e. The van der Waals surface area contributed by atoms with Crippen LogP contribution in [-0.4, -0.2) is 23.1 Å². The van der Waals surface area contributed by atoms with Crippen LogP contribution in [0.3, 0.4) is 0 Å². The lowest BCUT2D eigenvalue weighted by Gasteiger charge is -2.34. The summed E-state index contributed by atoms with van der Waals surface area (Å²) in [5, 5.41) is 0. The Morgan fingerprint density at radius 1 is 0.714 bits per heavy atom. The summed E-state index contributed by atoms with van der Waals surface area (Å²) in [6.07, 6.45) is 0. The quantitative estimate of drug-likeness (QED) is 0.413. The van der Waals surface area contributed by atoms with Crippen molar-refractivity contribution < 1.29 is 19.2 Å². The summed E-state index contributed by atoms with van der Waals surface area (Å²) in [6.45, 7) is 5.51. The maximum atomic E-state index is 11.7. The Balaban J connectivity index is 3.37. The van der Waals surface area contributed by atoms with Gasteiger partial charge in [-0.1, -0.05) is 0 Å². The molecule has 0 spiro atoms. The van der Waals surface area contributed by atoms with E-state index in [9.17, 15) is 19.2 Å². The Labute approximate surface area is 81.7 Å². The Bertz CT molecular complexity index is 328. The molecule has 4 nitrogen and oxygen atoms in total. The zero-order valence-electron chi connectivity index (χ0n) is 8.63. The van der Waals surface area contributed by atoms with Crippen molar-refractivity contribution in [2.75, 3.05) is 0 Å². The van der Waals surface area contributed by atoms with Gasteiger partial charge in [0.25, 0.3) is 5.78 Å². The summed E-state index contributed by atoms with van der Waals surface area (Å²) >= 11 is 0. The van der Waals surface area contributed by atoms with Crippen molar-refractivity contribution >= 4 is 23.1 Å². The molecule has 1 fully saturated rings. The Morgan fingerprint density at radius 3 is 1.29 bits per heavy atom. The smallest absolute Gasteiger partial charge is 0.266 e. The highest BCUT2D eigenvalue weighted by molar-refractivity contribution is 6.71. The number of ketones is 4. The van der Waals surface area contributed by atoms with Gasteiger partial charge in [-0.05, 0) is 27.7 Å². The molecule has 1 aliphatic rings. The molecule has 1 saturated carbocycles. The first kappa shape index (κ1) is 10.8. The molecule has 0 amide bonds. The van der Waals surface area contributed by atoms with Crippen molar-refractivity contribution in [3.8, 4) is 0 Å². The Hall–Kier alpha value is -1.32. The fourth-order valence-corrected chi connectivity index (χ4v) is 1.66. The van der Waals surface area contributed by atoms with Gasteiger partial charge in [0.05, 0.1) is 10.8 Å². The molecule has 0 saturated heterocycles. The summed E-state index contributed by atoms with van der Waals surface area (Å²) in [7, 11) is 0. The van der Waals surface area contributed by atoms with Crippen molar-refractivity contribution in [3.63, 3.8) is 0 Å². The van der Waals surface area contributed by atoms with Crippen molar-refractivity contribution in [1.29, 1.82) is 0 Å². The first-order chi connectivity index (χ1) is 6.13. The largest absolute Gasteiger partial charge is 0.297 e. The topological polar surface area (TPSA) is 68.3 Å². The molecule has 0 aliphatic heterocycles. The molecule has 0 aromatic carbocycles. The SMILES string of the molecule is CC1(C)C(=O)C(=O)C(=O)C(C)(C)C1=O. The third kappa shape index (κ3) is 1.06. The maximum absolute atomic E-state index is 11.7. The molecule has 76 valence electrons. The second kappa shape index (κ2) is 2.59. The summed E-state index contributed by atoms with van der Waals surface area (Å²) < 4.78 is 0. The first-order valence-electron chi connectivity index (χ1n) is 4.32. The fraction of sp³-hybridized carbons (Fsp3) is 0.600. The number of rotatable bonds is 0. The average molecular weight is 196 g/mol. The van der Waals surface area contributed by atoms with Gasteiger partial charge >= 0.3 is 0 Å². The van der Waals surface area contributed by atoms with E-state index in [1.807, 2.05) is 0 Å². The van der Waals surface area contributed by atoms with E-state index in [-0.39, 0.29) is 0 Å². The van der Waals surface area contributed by atoms with Crippen LogP contribution < -0.4 is 0 Å². The van der Waals surface area contributed by atoms with Gasteiger partial charge in [0.15, 0.2) is 5.78 Å². The summed E-state index contributed by atoms with van der Waals surface area (Å²) in [5.74, 6) is -3.34. The molecule has 0 aromatic rings. The van der Waals surface area contributed by atoms with E-state index in [1.54, 1.807) is 0 Å². The van der Waals surface area contributed by atoms with Crippen molar-refractivity contribution in [2.24, 2.45) is 10.8 Å². The highest BCUT2D eigenvalue weighted by atomic mass is 16.2. The van der Waals surface area contributed by atoms with Gasteiger partial charge in [-0.25, -0.2) is 0 Å². The highest BCUT2D eigenvalue weighted by Crippen LogP contribution is 2.36. The average Bonchev–Trinajstić information content (AvgIpc) is 2.11. The third-order valence-corrected chi connectivity index (χ3v) is 2.68. The van der Waals surface area contributed by atoms with Gasteiger partial charge in [0.1, 0.15) is 0 Å². The van der Waals surface area contributed by atoms with Gasteiger partial charge < -0.3 is 0 Å². The van der Waals surface area contributed by atoms with E-state index in [4.69, 9.17) is 0 Å². The number of Topliss-reactive ketones (excluding diaryl/α,β-unsaturated/α-hetero) is 4. The minimum atomic E-state index is -1.37. The molecular weight excluding hydrogens is 184 g/mol. The van der Waals surface area contributed by atoms with E-state index in [1.165, 1.54) is 27.7 Å². The molecule has 0 unspecified atom stereocenters. The normalized spacial score (nSPS) is 25.4. The zero-order valence-corrected chi connectivity index (χ0v) is 8.63. The molecule has 0 heterocycles. The second-order valence-corrected chi connectivity index (χ2v) is 4.57. The Morgan fingerprint density at radius 2 is 1.00 bits per heavy atom. The molecule has 0 radical (unpaired) electrons. The van der Waals surface area contributed by atoms with Gasteiger partial charge in [-0.15, -0.1) is 0 Å². The summed E-state index contributed by atoms with van der Waals surface area (Å²) in [4.78, 5) is 45.7. The predicted molar refractivity (Wildman–Crippen MR) is 47.6 cm³/mol. The lowest BCUT2D eigenvalue weighted by atomic mass is 9.62. The molecule has 0 atom stereocenters. The highest BCUT2D eigenvalue weighted by Gasteiger charge is 2.57. The number of hydrogen-bond donors (Lipinski definition) is 0. The first-order valence-corrected chi connectivity index (χ1v) is 4.32. The van der Waals surface area contributed by atoms with E-state index in [2.05, 4.69) is 0 Å². The third-order valence-electron chi connectivity index (χ3n) is 2.68. The zero-order chi connectivity index (χ0) is 11.3. The van der Waals surface area contributed by atoms with Crippen LogP contribution in [0.4, 0.5) is 0 Å². The van der Waals surface area contributed by atoms with Crippen LogP contribution >= 0.6 is 0 Å². The van der Waals surface area contributed by atoms with E-state index in [0.29, 0.717) is 0 Å². The molecule has 0 bridgehead atoms. The van der Waals surface area contributed by atoms with Crippen molar-refractivity contribution in [2.45, 2.75) is 27.7 Å². The van der Waals surface area contributed by atoms with Gasteiger partial charge in [0, 0.05) is 0 Å². The van der Waals surface area contributed by atoms with Crippen LogP contribution in [0.5, 0.6) is 0 Å². The molecule has 1 aliphatic carbocycles. The van der Waals surface area contributed by atoms with Gasteiger partial charge in [-0.3, -0.25) is 19.2 Å². The fourth-order valence-electron chi connectivity index (χ4n) is 1.66. The second-order valence-electron chi connectivity index (χ2n) is 4.57. The van der Waals surface area contributed by atoms with Crippen LogP contribution in [0, 0.1) is 10.8 Å². The lowest BCUT2D eigenvalue weighted by Crippen LogP contribution is -2.57. The number of carbonyl (C=O) groups excluding carboxylic acids is 4. The molecule has 4 heteroatoms. The van der Waals surface area contributed by atoms with Gasteiger partial charge in [0.2, 0.25) is 11.6 Å². The minimum absolute atomic E-state index is 0.486.